The fourth-order valence-electron chi connectivity index (χ4n) is 1.12. The van der Waals surface area contributed by atoms with Gasteiger partial charge < -0.3 is 16.6 Å². The van der Waals surface area contributed by atoms with Gasteiger partial charge in [-0.3, -0.25) is 4.90 Å². The minimum Gasteiger partial charge on any atom is -0.378 e. The summed E-state index contributed by atoms with van der Waals surface area (Å²) in [5, 5.41) is 9.13. The molecule has 5 N–H and O–H groups in total. The van der Waals surface area contributed by atoms with E-state index in [0.29, 0.717) is 0 Å². The van der Waals surface area contributed by atoms with Crippen LogP contribution in [0.5, 0.6) is 0 Å². The number of rotatable bonds is 1. The van der Waals surface area contributed by atoms with E-state index in [1.54, 1.807) is 4.90 Å². The van der Waals surface area contributed by atoms with E-state index in [9.17, 15) is 0 Å². The van der Waals surface area contributed by atoms with Crippen molar-refractivity contribution in [2.24, 2.45) is 11.5 Å². The predicted octanol–water partition coefficient (Wildman–Crippen LogP) is -1.40. The molecule has 9 heavy (non-hydrogen) atoms. The molecule has 1 heterocycles. The van der Waals surface area contributed by atoms with E-state index in [1.165, 1.54) is 0 Å². The summed E-state index contributed by atoms with van der Waals surface area (Å²) in [7, 11) is 0. The van der Waals surface area contributed by atoms with Gasteiger partial charge in [-0.2, -0.15) is 0 Å². The van der Waals surface area contributed by atoms with Crippen molar-refractivity contribution < 1.29 is 5.11 Å². The molecule has 1 atom stereocenters. The Bertz CT molecular complexity index is 96.2. The first-order valence-electron chi connectivity index (χ1n) is 3.17. The number of nitrogens with two attached hydrogens (primary N) is 2. The summed E-state index contributed by atoms with van der Waals surface area (Å²) in [5.41, 5.74) is 10.7. The molecule has 0 amide bonds. The zero-order valence-corrected chi connectivity index (χ0v) is 5.33. The van der Waals surface area contributed by atoms with Crippen LogP contribution in [0.25, 0.3) is 0 Å². The van der Waals surface area contributed by atoms with Crippen LogP contribution < -0.4 is 11.5 Å². The zero-order chi connectivity index (χ0) is 6.85. The molecule has 0 aromatic rings. The fourth-order valence-corrected chi connectivity index (χ4v) is 1.12. The van der Waals surface area contributed by atoms with Crippen molar-refractivity contribution in [3.05, 3.63) is 0 Å². The average molecular weight is 131 g/mol. The van der Waals surface area contributed by atoms with Crippen molar-refractivity contribution in [1.29, 1.82) is 0 Å². The molecule has 0 spiro atoms. The lowest BCUT2D eigenvalue weighted by Crippen LogP contribution is -2.50. The third-order valence-electron chi connectivity index (χ3n) is 1.64. The summed E-state index contributed by atoms with van der Waals surface area (Å²) < 4.78 is 0. The Labute approximate surface area is 54.4 Å². The second kappa shape index (κ2) is 2.62. The molecular formula is C5H13N3O. The molecule has 0 saturated carbocycles. The molecule has 0 bridgehead atoms. The molecule has 0 aliphatic carbocycles. The quantitative estimate of drug-likeness (QED) is 0.383. The van der Waals surface area contributed by atoms with Crippen molar-refractivity contribution in [3.63, 3.8) is 0 Å². The molecule has 54 valence electrons. The van der Waals surface area contributed by atoms with Gasteiger partial charge in [-0.05, 0) is 12.8 Å². The van der Waals surface area contributed by atoms with Crippen molar-refractivity contribution in [1.82, 2.24) is 4.90 Å². The topological polar surface area (TPSA) is 75.5 Å². The SMILES string of the molecule is NC(N)N1CCCC1O. The number of nitrogens with zero attached hydrogens (tertiary/aromatic N) is 1. The number of hydrogen-bond donors (Lipinski definition) is 3. The van der Waals surface area contributed by atoms with Crippen LogP contribution >= 0.6 is 0 Å². The number of likely N-dealkylation sites (tertiary alicyclic amines) is 1. The lowest BCUT2D eigenvalue weighted by Gasteiger charge is -2.22. The second-order valence-corrected chi connectivity index (χ2v) is 2.35. The summed E-state index contributed by atoms with van der Waals surface area (Å²) in [6.07, 6.45) is 0.879. The van der Waals surface area contributed by atoms with E-state index in [2.05, 4.69) is 0 Å². The number of aliphatic hydroxyl groups is 1. The molecule has 1 aliphatic rings. The standard InChI is InChI=1S/C5H13N3O/c6-5(7)8-3-1-2-4(8)9/h4-5,9H,1-3,6-7H2. The lowest BCUT2D eigenvalue weighted by atomic mass is 10.4. The van der Waals surface area contributed by atoms with Gasteiger partial charge in [0.25, 0.3) is 0 Å². The van der Waals surface area contributed by atoms with Crippen LogP contribution in [0.1, 0.15) is 12.8 Å². The minimum atomic E-state index is -0.498. The van der Waals surface area contributed by atoms with Crippen LogP contribution in [-0.4, -0.2) is 29.1 Å². The van der Waals surface area contributed by atoms with Crippen molar-refractivity contribution in [3.8, 4) is 0 Å². The minimum absolute atomic E-state index is 0.412. The van der Waals surface area contributed by atoms with Gasteiger partial charge in [0.05, 0.1) is 0 Å². The molecule has 1 fully saturated rings. The number of aliphatic hydroxyl groups excluding tert-OH is 1. The zero-order valence-electron chi connectivity index (χ0n) is 5.33. The summed E-state index contributed by atoms with van der Waals surface area (Å²) in [5.74, 6) is 0. The van der Waals surface area contributed by atoms with Gasteiger partial charge in [0.15, 0.2) is 0 Å². The van der Waals surface area contributed by atoms with E-state index < -0.39 is 12.5 Å². The summed E-state index contributed by atoms with van der Waals surface area (Å²) in [6.45, 7) is 0.818. The first-order chi connectivity index (χ1) is 4.22. The molecule has 1 saturated heterocycles. The second-order valence-electron chi connectivity index (χ2n) is 2.35. The van der Waals surface area contributed by atoms with Crippen LogP contribution in [0.3, 0.4) is 0 Å². The molecule has 1 aliphatic heterocycles. The highest BCUT2D eigenvalue weighted by molar-refractivity contribution is 4.71. The summed E-state index contributed by atoms with van der Waals surface area (Å²) in [6, 6.07) is 0. The van der Waals surface area contributed by atoms with E-state index in [0.717, 1.165) is 19.4 Å². The molecule has 4 nitrogen and oxygen atoms in total. The summed E-state index contributed by atoms with van der Waals surface area (Å²) >= 11 is 0. The largest absolute Gasteiger partial charge is 0.378 e. The normalized spacial score (nSPS) is 30.0. The fraction of sp³-hybridized carbons (Fsp3) is 1.00. The molecule has 1 rings (SSSR count). The third-order valence-corrected chi connectivity index (χ3v) is 1.64. The smallest absolute Gasteiger partial charge is 0.111 e. The van der Waals surface area contributed by atoms with Gasteiger partial charge in [0.2, 0.25) is 0 Å². The maximum Gasteiger partial charge on any atom is 0.111 e. The predicted molar refractivity (Wildman–Crippen MR) is 34.1 cm³/mol. The van der Waals surface area contributed by atoms with Crippen LogP contribution in [0.2, 0.25) is 0 Å². The van der Waals surface area contributed by atoms with E-state index in [-0.39, 0.29) is 0 Å². The van der Waals surface area contributed by atoms with Gasteiger partial charge in [-0.1, -0.05) is 0 Å². The van der Waals surface area contributed by atoms with Gasteiger partial charge in [0, 0.05) is 6.54 Å². The van der Waals surface area contributed by atoms with Crippen LogP contribution in [0.15, 0.2) is 0 Å². The lowest BCUT2D eigenvalue weighted by molar-refractivity contribution is 0.0118. The Morgan fingerprint density at radius 2 is 2.22 bits per heavy atom. The van der Waals surface area contributed by atoms with Crippen LogP contribution in [0.4, 0.5) is 0 Å². The molecule has 0 aromatic carbocycles. The Morgan fingerprint density at radius 3 is 2.44 bits per heavy atom. The van der Waals surface area contributed by atoms with Gasteiger partial charge in [0.1, 0.15) is 12.5 Å². The van der Waals surface area contributed by atoms with Gasteiger partial charge >= 0.3 is 0 Å². The highest BCUT2D eigenvalue weighted by atomic mass is 16.3. The van der Waals surface area contributed by atoms with Gasteiger partial charge in [-0.15, -0.1) is 0 Å². The Hall–Kier alpha value is -0.160. The highest BCUT2D eigenvalue weighted by Gasteiger charge is 2.24. The van der Waals surface area contributed by atoms with E-state index in [1.807, 2.05) is 0 Å². The molecule has 0 radical (unpaired) electrons. The maximum absolute atomic E-state index is 9.13. The molecular weight excluding hydrogens is 118 g/mol. The van der Waals surface area contributed by atoms with E-state index in [4.69, 9.17) is 16.6 Å². The first-order valence-corrected chi connectivity index (χ1v) is 3.17. The van der Waals surface area contributed by atoms with Gasteiger partial charge in [-0.25, -0.2) is 0 Å². The third kappa shape index (κ3) is 1.40. The van der Waals surface area contributed by atoms with Crippen molar-refractivity contribution in [2.45, 2.75) is 25.4 Å². The average Bonchev–Trinajstić information content (AvgIpc) is 2.13. The van der Waals surface area contributed by atoms with Crippen LogP contribution in [-0.2, 0) is 0 Å². The highest BCUT2D eigenvalue weighted by Crippen LogP contribution is 2.13. The molecule has 1 unspecified atom stereocenters. The monoisotopic (exact) mass is 131 g/mol. The Balaban J connectivity index is 2.40. The van der Waals surface area contributed by atoms with Crippen molar-refractivity contribution >= 4 is 0 Å². The first kappa shape index (κ1) is 6.95. The summed E-state index contributed by atoms with van der Waals surface area (Å²) in [4.78, 5) is 1.68. The molecule has 4 heteroatoms. The Morgan fingerprint density at radius 1 is 1.56 bits per heavy atom. The van der Waals surface area contributed by atoms with Crippen LogP contribution in [0, 0.1) is 0 Å². The maximum atomic E-state index is 9.13. The van der Waals surface area contributed by atoms with Crippen molar-refractivity contribution in [2.75, 3.05) is 6.54 Å². The molecule has 0 aromatic heterocycles. The van der Waals surface area contributed by atoms with E-state index >= 15 is 0 Å². The Kier molecular flexibility index (Phi) is 2.02. The number of hydrogen-bond acceptors (Lipinski definition) is 4.